The number of carbonyl (C=O) groups excluding carboxylic acids is 2. The summed E-state index contributed by atoms with van der Waals surface area (Å²) in [5.41, 5.74) is 3.36. The van der Waals surface area contributed by atoms with Crippen molar-refractivity contribution >= 4 is 11.8 Å². The van der Waals surface area contributed by atoms with Gasteiger partial charge in [0.1, 0.15) is 17.9 Å². The molecule has 3 aliphatic rings. The number of hydrogen-bond donors (Lipinski definition) is 3. The van der Waals surface area contributed by atoms with Crippen molar-refractivity contribution in [1.29, 1.82) is 0 Å². The van der Waals surface area contributed by atoms with Gasteiger partial charge < -0.3 is 29.8 Å². The maximum Gasteiger partial charge on any atom is 0.258 e. The molecule has 10 nitrogen and oxygen atoms in total. The molecule has 3 N–H and O–H groups in total. The smallest absolute Gasteiger partial charge is 0.258 e. The number of carbonyl (C=O) groups is 2. The third-order valence-corrected chi connectivity index (χ3v) is 8.05. The van der Waals surface area contributed by atoms with Crippen molar-refractivity contribution in [2.45, 2.75) is 50.2 Å². The zero-order valence-corrected chi connectivity index (χ0v) is 22.4. The Morgan fingerprint density at radius 1 is 1.02 bits per heavy atom. The highest BCUT2D eigenvalue weighted by molar-refractivity contribution is 6.00. The van der Waals surface area contributed by atoms with E-state index in [9.17, 15) is 14.7 Å². The molecule has 3 aliphatic heterocycles. The van der Waals surface area contributed by atoms with Crippen LogP contribution >= 0.6 is 0 Å². The Kier molecular flexibility index (Phi) is 7.81. The maximum atomic E-state index is 14.1. The minimum atomic E-state index is -0.717. The molecule has 2 amide bonds. The lowest BCUT2D eigenvalue weighted by molar-refractivity contribution is -0.135. The minimum absolute atomic E-state index is 0.0965. The fourth-order valence-electron chi connectivity index (χ4n) is 5.81. The van der Waals surface area contributed by atoms with Gasteiger partial charge in [0.25, 0.3) is 5.91 Å². The van der Waals surface area contributed by atoms with Crippen molar-refractivity contribution < 1.29 is 24.2 Å². The number of rotatable bonds is 3. The monoisotopic (exact) mass is 545 g/mol. The van der Waals surface area contributed by atoms with Crippen LogP contribution in [0, 0.1) is 0 Å². The van der Waals surface area contributed by atoms with Gasteiger partial charge in [0.2, 0.25) is 5.91 Å². The zero-order valence-electron chi connectivity index (χ0n) is 22.4. The second-order valence-corrected chi connectivity index (χ2v) is 10.7. The van der Waals surface area contributed by atoms with Crippen molar-refractivity contribution in [3.05, 3.63) is 72.3 Å². The number of aromatic nitrogens is 2. The number of benzene rings is 2. The largest absolute Gasteiger partial charge is 0.493 e. The lowest BCUT2D eigenvalue weighted by atomic mass is 9.98. The van der Waals surface area contributed by atoms with E-state index in [1.54, 1.807) is 23.5 Å². The fourth-order valence-corrected chi connectivity index (χ4v) is 5.81. The molecule has 0 radical (unpaired) electrons. The molecule has 0 spiro atoms. The van der Waals surface area contributed by atoms with E-state index >= 15 is 0 Å². The molecular weight excluding hydrogens is 510 g/mol. The number of nitrogens with one attached hydrogen (secondary N) is 2. The van der Waals surface area contributed by atoms with Gasteiger partial charge >= 0.3 is 0 Å². The molecule has 2 saturated heterocycles. The second kappa shape index (κ2) is 11.8. The molecule has 210 valence electrons. The van der Waals surface area contributed by atoms with Crippen LogP contribution in [-0.2, 0) is 16.1 Å². The Hall–Kier alpha value is -3.73. The summed E-state index contributed by atoms with van der Waals surface area (Å²) < 4.78 is 12.4. The molecule has 6 rings (SSSR count). The highest BCUT2D eigenvalue weighted by Gasteiger charge is 2.38. The first-order valence-electron chi connectivity index (χ1n) is 14.0. The number of aromatic amines is 1. The predicted octanol–water partition coefficient (Wildman–Crippen LogP) is 2.21. The van der Waals surface area contributed by atoms with E-state index in [2.05, 4.69) is 20.2 Å². The SMILES string of the molecule is O=C1NC[C@H]2O[C@H](CCOc3cc(-c4ccccc4)ccc3C(=O)N3CCN(Cc4cnc[nH]4)C[C@@H]13)CC[C@@H]2O. The quantitative estimate of drug-likeness (QED) is 0.462. The van der Waals surface area contributed by atoms with E-state index in [0.717, 1.165) is 16.8 Å². The summed E-state index contributed by atoms with van der Waals surface area (Å²) in [7, 11) is 0. The normalized spacial score (nSPS) is 26.2. The van der Waals surface area contributed by atoms with Gasteiger partial charge in [-0.25, -0.2) is 4.98 Å². The number of nitrogens with zero attached hydrogens (tertiary/aromatic N) is 3. The van der Waals surface area contributed by atoms with E-state index in [1.807, 2.05) is 42.5 Å². The van der Waals surface area contributed by atoms with Crippen molar-refractivity contribution in [2.75, 3.05) is 32.8 Å². The standard InChI is InChI=1S/C30H35N5O5/c36-26-9-7-23-10-13-39-27-14-21(20-4-2-1-3-5-20)6-8-24(27)30(38)35-12-11-34(17-22-15-31-19-33-22)18-25(35)29(37)32-16-28(26)40-23/h1-6,8,14-15,19,23,25-26,28,36H,7,9-13,16-18H2,(H,31,33)(H,32,37)/t23-,25-,26-,28+/m0/s1. The van der Waals surface area contributed by atoms with E-state index in [-0.39, 0.29) is 24.5 Å². The summed E-state index contributed by atoms with van der Waals surface area (Å²) in [4.78, 5) is 38.7. The van der Waals surface area contributed by atoms with Gasteiger partial charge in [-0.3, -0.25) is 14.5 Å². The highest BCUT2D eigenvalue weighted by atomic mass is 16.5. The van der Waals surface area contributed by atoms with Crippen LogP contribution in [-0.4, -0.2) is 93.8 Å². The number of aliphatic hydroxyl groups excluding tert-OH is 1. The summed E-state index contributed by atoms with van der Waals surface area (Å²) in [6.45, 7) is 2.52. The van der Waals surface area contributed by atoms with E-state index in [1.165, 1.54) is 0 Å². The third-order valence-electron chi connectivity index (χ3n) is 8.05. The fraction of sp³-hybridized carbons (Fsp3) is 0.433. The van der Waals surface area contributed by atoms with Gasteiger partial charge in [0.05, 0.1) is 30.7 Å². The zero-order chi connectivity index (χ0) is 27.5. The van der Waals surface area contributed by atoms with E-state index < -0.39 is 18.2 Å². The Morgan fingerprint density at radius 3 is 2.73 bits per heavy atom. The molecule has 1 aromatic heterocycles. The van der Waals surface area contributed by atoms with Crippen LogP contribution in [0.1, 0.15) is 35.3 Å². The predicted molar refractivity (Wildman–Crippen MR) is 148 cm³/mol. The van der Waals surface area contributed by atoms with Gasteiger partial charge in [0, 0.05) is 51.0 Å². The number of fused-ring (bicyclic) bond motifs is 4. The lowest BCUT2D eigenvalue weighted by Crippen LogP contribution is -2.61. The van der Waals surface area contributed by atoms with E-state index in [4.69, 9.17) is 9.47 Å². The van der Waals surface area contributed by atoms with Crippen molar-refractivity contribution in [2.24, 2.45) is 0 Å². The summed E-state index contributed by atoms with van der Waals surface area (Å²) in [6, 6.07) is 14.9. The summed E-state index contributed by atoms with van der Waals surface area (Å²) >= 11 is 0. The maximum absolute atomic E-state index is 14.1. The van der Waals surface area contributed by atoms with Crippen LogP contribution in [0.3, 0.4) is 0 Å². The summed E-state index contributed by atoms with van der Waals surface area (Å²) in [5, 5.41) is 13.5. The first-order valence-corrected chi connectivity index (χ1v) is 14.0. The van der Waals surface area contributed by atoms with E-state index in [0.29, 0.717) is 63.4 Å². The number of ether oxygens (including phenoxy) is 2. The number of piperazine rings is 1. The molecule has 4 heterocycles. The Balaban J connectivity index is 1.33. The molecule has 0 aliphatic carbocycles. The first kappa shape index (κ1) is 26.5. The van der Waals surface area contributed by atoms with Crippen LogP contribution in [0.4, 0.5) is 0 Å². The molecular formula is C30H35N5O5. The third kappa shape index (κ3) is 5.74. The number of amides is 2. The molecule has 10 heteroatoms. The topological polar surface area (TPSA) is 120 Å². The Morgan fingerprint density at radius 2 is 1.90 bits per heavy atom. The Bertz CT molecular complexity index is 1320. The Labute approximate surface area is 233 Å². The molecule has 2 bridgehead atoms. The van der Waals surface area contributed by atoms with Gasteiger partial charge in [-0.05, 0) is 36.1 Å². The molecule has 4 atom stereocenters. The summed E-state index contributed by atoms with van der Waals surface area (Å²) in [5.74, 6) is 0.000335. The number of imidazole rings is 1. The number of hydrogen-bond acceptors (Lipinski definition) is 7. The average molecular weight is 546 g/mol. The van der Waals surface area contributed by atoms with Crippen LogP contribution in [0.5, 0.6) is 5.75 Å². The molecule has 2 aromatic carbocycles. The van der Waals surface area contributed by atoms with Crippen molar-refractivity contribution in [1.82, 2.24) is 25.1 Å². The highest BCUT2D eigenvalue weighted by Crippen LogP contribution is 2.31. The van der Waals surface area contributed by atoms with Crippen molar-refractivity contribution in [3.8, 4) is 16.9 Å². The minimum Gasteiger partial charge on any atom is -0.493 e. The number of aliphatic hydroxyl groups is 1. The van der Waals surface area contributed by atoms with Gasteiger partial charge in [-0.2, -0.15) is 0 Å². The second-order valence-electron chi connectivity index (χ2n) is 10.7. The van der Waals surface area contributed by atoms with Gasteiger partial charge in [0.15, 0.2) is 0 Å². The molecule has 0 unspecified atom stereocenters. The molecule has 2 fully saturated rings. The van der Waals surface area contributed by atoms with Crippen LogP contribution in [0.15, 0.2) is 61.1 Å². The van der Waals surface area contributed by atoms with Gasteiger partial charge in [-0.1, -0.05) is 36.4 Å². The molecule has 0 saturated carbocycles. The average Bonchev–Trinajstić information content (AvgIpc) is 3.50. The first-order chi connectivity index (χ1) is 19.5. The summed E-state index contributed by atoms with van der Waals surface area (Å²) in [6.07, 6.45) is 4.08. The molecule has 3 aromatic rings. The lowest BCUT2D eigenvalue weighted by Gasteiger charge is -2.41. The van der Waals surface area contributed by atoms with Crippen molar-refractivity contribution in [3.63, 3.8) is 0 Å². The van der Waals surface area contributed by atoms with Gasteiger partial charge in [-0.15, -0.1) is 0 Å². The number of H-pyrrole nitrogens is 1. The van der Waals surface area contributed by atoms with Crippen LogP contribution in [0.2, 0.25) is 0 Å². The van der Waals surface area contributed by atoms with Crippen LogP contribution < -0.4 is 10.1 Å². The molecule has 40 heavy (non-hydrogen) atoms. The van der Waals surface area contributed by atoms with Crippen LogP contribution in [0.25, 0.3) is 11.1 Å².